The number of nitrogens with two attached hydrogens (primary N) is 2. The van der Waals surface area contributed by atoms with Crippen molar-refractivity contribution in [2.75, 3.05) is 18.0 Å². The van der Waals surface area contributed by atoms with Crippen LogP contribution in [0.1, 0.15) is 12.0 Å². The first kappa shape index (κ1) is 15.9. The molecule has 0 aliphatic carbocycles. The van der Waals surface area contributed by atoms with Crippen LogP contribution < -0.4 is 15.6 Å². The van der Waals surface area contributed by atoms with Crippen molar-refractivity contribution in [1.29, 1.82) is 0 Å². The molecule has 0 amide bonds. The molecule has 19 heavy (non-hydrogen) atoms. The van der Waals surface area contributed by atoms with Gasteiger partial charge in [0.2, 0.25) is 20.0 Å². The number of hydrogen-bond donors (Lipinski definition) is 3. The molecule has 1 rings (SSSR count). The minimum atomic E-state index is -3.56. The molecule has 7 nitrogen and oxygen atoms in total. The van der Waals surface area contributed by atoms with Gasteiger partial charge in [0.15, 0.2) is 0 Å². The summed E-state index contributed by atoms with van der Waals surface area (Å²) in [6.07, 6.45) is 0.134. The van der Waals surface area contributed by atoms with E-state index in [0.717, 1.165) is 0 Å². The van der Waals surface area contributed by atoms with E-state index in [2.05, 4.69) is 4.72 Å². The molecule has 0 saturated heterocycles. The fraction of sp³-hybridized carbons (Fsp3) is 0.400. The molecule has 0 saturated carbocycles. The predicted molar refractivity (Wildman–Crippen MR) is 74.1 cm³/mol. The van der Waals surface area contributed by atoms with Gasteiger partial charge in [0.1, 0.15) is 0 Å². The number of benzene rings is 1. The molecule has 108 valence electrons. The van der Waals surface area contributed by atoms with Gasteiger partial charge < -0.3 is 5.73 Å². The second kappa shape index (κ2) is 6.33. The van der Waals surface area contributed by atoms with E-state index < -0.39 is 20.0 Å². The van der Waals surface area contributed by atoms with Gasteiger partial charge in [0.25, 0.3) is 0 Å². The average Bonchev–Trinajstić information content (AvgIpc) is 2.22. The van der Waals surface area contributed by atoms with Crippen molar-refractivity contribution in [3.63, 3.8) is 0 Å². The molecule has 0 heterocycles. The van der Waals surface area contributed by atoms with E-state index in [0.29, 0.717) is 11.3 Å². The Kier molecular flexibility index (Phi) is 5.29. The standard InChI is InChI=1S/C10H17N3O4S2/c11-10-4-1-3-9(7-10)8-19(16,17)13-5-2-6-18(12,14)15/h1,3-4,7,13H,2,5-6,8,11H2,(H2,12,14,15). The molecule has 1 aromatic rings. The molecule has 0 radical (unpaired) electrons. The van der Waals surface area contributed by atoms with E-state index in [1.54, 1.807) is 24.3 Å². The summed E-state index contributed by atoms with van der Waals surface area (Å²) in [5.41, 5.74) is 6.61. The summed E-state index contributed by atoms with van der Waals surface area (Å²) in [7, 11) is -7.07. The van der Waals surface area contributed by atoms with E-state index in [4.69, 9.17) is 10.9 Å². The van der Waals surface area contributed by atoms with Crippen LogP contribution in [0.5, 0.6) is 0 Å². The first-order valence-electron chi connectivity index (χ1n) is 5.50. The van der Waals surface area contributed by atoms with Gasteiger partial charge in [-0.1, -0.05) is 12.1 Å². The Morgan fingerprint density at radius 1 is 1.16 bits per heavy atom. The summed E-state index contributed by atoms with van der Waals surface area (Å²) < 4.78 is 47.1. The van der Waals surface area contributed by atoms with Crippen LogP contribution in [0.3, 0.4) is 0 Å². The number of nitrogen functional groups attached to an aromatic ring is 1. The van der Waals surface area contributed by atoms with E-state index in [9.17, 15) is 16.8 Å². The zero-order valence-electron chi connectivity index (χ0n) is 10.2. The Hall–Kier alpha value is -1.16. The van der Waals surface area contributed by atoms with Crippen LogP contribution in [0.15, 0.2) is 24.3 Å². The number of sulfonamides is 2. The Labute approximate surface area is 113 Å². The number of rotatable bonds is 7. The number of anilines is 1. The van der Waals surface area contributed by atoms with Crippen LogP contribution in [0.2, 0.25) is 0 Å². The van der Waals surface area contributed by atoms with Gasteiger partial charge >= 0.3 is 0 Å². The molecule has 0 aromatic heterocycles. The second-order valence-electron chi connectivity index (χ2n) is 4.12. The molecule has 0 aliphatic rings. The van der Waals surface area contributed by atoms with Gasteiger partial charge in [-0.25, -0.2) is 26.7 Å². The van der Waals surface area contributed by atoms with Gasteiger partial charge in [-0.15, -0.1) is 0 Å². The second-order valence-corrected chi connectivity index (χ2v) is 7.66. The van der Waals surface area contributed by atoms with Crippen LogP contribution in [0.4, 0.5) is 5.69 Å². The third-order valence-corrected chi connectivity index (χ3v) is 4.45. The summed E-state index contributed by atoms with van der Waals surface area (Å²) in [5, 5.41) is 4.81. The quantitative estimate of drug-likeness (QED) is 0.455. The summed E-state index contributed by atoms with van der Waals surface area (Å²) in [6.45, 7) is 0.0288. The zero-order valence-corrected chi connectivity index (χ0v) is 11.9. The number of nitrogens with one attached hydrogen (secondary N) is 1. The van der Waals surface area contributed by atoms with Crippen LogP contribution in [0, 0.1) is 0 Å². The van der Waals surface area contributed by atoms with Crippen molar-refractivity contribution in [3.05, 3.63) is 29.8 Å². The van der Waals surface area contributed by atoms with Crippen molar-refractivity contribution in [3.8, 4) is 0 Å². The monoisotopic (exact) mass is 307 g/mol. The largest absolute Gasteiger partial charge is 0.399 e. The minimum absolute atomic E-state index is 0.0288. The van der Waals surface area contributed by atoms with Gasteiger partial charge in [0.05, 0.1) is 11.5 Å². The summed E-state index contributed by atoms with van der Waals surface area (Å²) >= 11 is 0. The van der Waals surface area contributed by atoms with Crippen molar-refractivity contribution in [2.24, 2.45) is 5.14 Å². The Bertz CT molecular complexity index is 626. The van der Waals surface area contributed by atoms with Crippen LogP contribution >= 0.6 is 0 Å². The highest BCUT2D eigenvalue weighted by Crippen LogP contribution is 2.09. The summed E-state index contributed by atoms with van der Waals surface area (Å²) in [5.74, 6) is -0.457. The minimum Gasteiger partial charge on any atom is -0.399 e. The Morgan fingerprint density at radius 3 is 2.42 bits per heavy atom. The fourth-order valence-corrected chi connectivity index (χ4v) is 3.18. The molecule has 5 N–H and O–H groups in total. The topological polar surface area (TPSA) is 132 Å². The van der Waals surface area contributed by atoms with E-state index >= 15 is 0 Å². The van der Waals surface area contributed by atoms with Crippen LogP contribution in [-0.4, -0.2) is 29.1 Å². The van der Waals surface area contributed by atoms with E-state index in [1.165, 1.54) is 0 Å². The third kappa shape index (κ3) is 7.11. The first-order chi connectivity index (χ1) is 8.68. The third-order valence-electron chi connectivity index (χ3n) is 2.24. The number of hydrogen-bond acceptors (Lipinski definition) is 5. The molecule has 0 aliphatic heterocycles. The lowest BCUT2D eigenvalue weighted by Gasteiger charge is -2.07. The summed E-state index contributed by atoms with van der Waals surface area (Å²) in [6, 6.07) is 6.56. The maximum atomic E-state index is 11.7. The Morgan fingerprint density at radius 2 is 1.84 bits per heavy atom. The maximum absolute atomic E-state index is 11.7. The van der Waals surface area contributed by atoms with Gasteiger partial charge in [-0.2, -0.15) is 0 Å². The highest BCUT2D eigenvalue weighted by molar-refractivity contribution is 7.89. The van der Waals surface area contributed by atoms with Crippen LogP contribution in [-0.2, 0) is 25.8 Å². The molecule has 0 unspecified atom stereocenters. The van der Waals surface area contributed by atoms with Crippen molar-refractivity contribution >= 4 is 25.7 Å². The highest BCUT2D eigenvalue weighted by atomic mass is 32.2. The molecule has 0 spiro atoms. The van der Waals surface area contributed by atoms with Crippen LogP contribution in [0.25, 0.3) is 0 Å². The molecule has 1 aromatic carbocycles. The molecule has 9 heteroatoms. The predicted octanol–water partition coefficient (Wildman–Crippen LogP) is -0.633. The molecule has 0 fully saturated rings. The van der Waals surface area contributed by atoms with Crippen molar-refractivity contribution in [1.82, 2.24) is 4.72 Å². The summed E-state index contributed by atoms with van der Waals surface area (Å²) in [4.78, 5) is 0. The zero-order chi connectivity index (χ0) is 14.5. The first-order valence-corrected chi connectivity index (χ1v) is 8.87. The lowest BCUT2D eigenvalue weighted by atomic mass is 10.2. The lowest BCUT2D eigenvalue weighted by Crippen LogP contribution is -2.28. The Balaban J connectivity index is 2.49. The number of primary sulfonamides is 1. The van der Waals surface area contributed by atoms with Crippen molar-refractivity contribution in [2.45, 2.75) is 12.2 Å². The van der Waals surface area contributed by atoms with Crippen molar-refractivity contribution < 1.29 is 16.8 Å². The van der Waals surface area contributed by atoms with Gasteiger partial charge in [0, 0.05) is 12.2 Å². The maximum Gasteiger partial charge on any atom is 0.215 e. The fourth-order valence-electron chi connectivity index (χ4n) is 1.45. The van der Waals surface area contributed by atoms with E-state index in [-0.39, 0.29) is 24.5 Å². The SMILES string of the molecule is Nc1cccc(CS(=O)(=O)NCCCS(N)(=O)=O)c1. The highest BCUT2D eigenvalue weighted by Gasteiger charge is 2.11. The average molecular weight is 307 g/mol. The smallest absolute Gasteiger partial charge is 0.215 e. The van der Waals surface area contributed by atoms with E-state index in [1.807, 2.05) is 0 Å². The molecule has 0 bridgehead atoms. The normalized spacial score (nSPS) is 12.5. The molecular formula is C10H17N3O4S2. The molecular weight excluding hydrogens is 290 g/mol. The lowest BCUT2D eigenvalue weighted by molar-refractivity contribution is 0.576. The molecule has 0 atom stereocenters. The van der Waals surface area contributed by atoms with Gasteiger partial charge in [-0.05, 0) is 24.1 Å². The van der Waals surface area contributed by atoms with Gasteiger partial charge in [-0.3, -0.25) is 0 Å².